The van der Waals surface area contributed by atoms with Crippen molar-refractivity contribution < 1.29 is 9.90 Å². The van der Waals surface area contributed by atoms with E-state index in [4.69, 9.17) is 5.73 Å². The number of aromatic hydroxyl groups is 1. The SMILES string of the molecule is CC(=O)c1c(Br)ccc(N)c1O. The highest BCUT2D eigenvalue weighted by Gasteiger charge is 2.12. The summed E-state index contributed by atoms with van der Waals surface area (Å²) in [4.78, 5) is 11.0. The molecule has 0 radical (unpaired) electrons. The first-order chi connectivity index (χ1) is 5.54. The van der Waals surface area contributed by atoms with E-state index >= 15 is 0 Å². The van der Waals surface area contributed by atoms with Gasteiger partial charge in [-0.1, -0.05) is 0 Å². The smallest absolute Gasteiger partial charge is 0.164 e. The molecule has 0 aromatic heterocycles. The van der Waals surface area contributed by atoms with E-state index in [0.717, 1.165) is 0 Å². The number of carbonyl (C=O) groups excluding carboxylic acids is 1. The molecule has 12 heavy (non-hydrogen) atoms. The second-order valence-corrected chi connectivity index (χ2v) is 3.27. The Kier molecular flexibility index (Phi) is 2.38. The van der Waals surface area contributed by atoms with Gasteiger partial charge in [-0.15, -0.1) is 0 Å². The number of hydrogen-bond donors (Lipinski definition) is 2. The third-order valence-electron chi connectivity index (χ3n) is 1.51. The summed E-state index contributed by atoms with van der Waals surface area (Å²) in [5.74, 6) is -0.372. The van der Waals surface area contributed by atoms with Gasteiger partial charge in [-0.2, -0.15) is 0 Å². The number of benzene rings is 1. The van der Waals surface area contributed by atoms with E-state index in [0.29, 0.717) is 4.47 Å². The Morgan fingerprint density at radius 1 is 1.58 bits per heavy atom. The number of phenolic OH excluding ortho intramolecular Hbond substituents is 1. The van der Waals surface area contributed by atoms with Gasteiger partial charge in [-0.3, -0.25) is 4.79 Å². The van der Waals surface area contributed by atoms with Crippen molar-refractivity contribution in [2.24, 2.45) is 0 Å². The van der Waals surface area contributed by atoms with Crippen LogP contribution in [0.25, 0.3) is 0 Å². The van der Waals surface area contributed by atoms with Gasteiger partial charge in [0.2, 0.25) is 0 Å². The quantitative estimate of drug-likeness (QED) is 0.440. The molecule has 64 valence electrons. The number of nitrogens with two attached hydrogens (primary N) is 1. The van der Waals surface area contributed by atoms with E-state index < -0.39 is 0 Å². The fraction of sp³-hybridized carbons (Fsp3) is 0.125. The number of phenols is 1. The molecule has 0 unspecified atom stereocenters. The Balaban J connectivity index is 3.43. The van der Waals surface area contributed by atoms with Crippen molar-refractivity contribution in [2.75, 3.05) is 5.73 Å². The molecule has 0 amide bonds. The lowest BCUT2D eigenvalue weighted by Crippen LogP contribution is -1.97. The normalized spacial score (nSPS) is 9.83. The van der Waals surface area contributed by atoms with Crippen molar-refractivity contribution in [3.63, 3.8) is 0 Å². The average molecular weight is 230 g/mol. The molecular weight excluding hydrogens is 222 g/mol. The molecule has 0 bridgehead atoms. The van der Waals surface area contributed by atoms with Crippen LogP contribution >= 0.6 is 15.9 Å². The van der Waals surface area contributed by atoms with Crippen LogP contribution in [0.5, 0.6) is 5.75 Å². The first-order valence-electron chi connectivity index (χ1n) is 3.32. The van der Waals surface area contributed by atoms with Crippen molar-refractivity contribution in [2.45, 2.75) is 6.92 Å². The Labute approximate surface area is 78.3 Å². The number of nitrogen functional groups attached to an aromatic ring is 1. The predicted octanol–water partition coefficient (Wildman–Crippen LogP) is 1.94. The second kappa shape index (κ2) is 3.15. The zero-order chi connectivity index (χ0) is 9.30. The molecule has 0 heterocycles. The minimum atomic E-state index is -0.216. The predicted molar refractivity (Wildman–Crippen MR) is 50.2 cm³/mol. The van der Waals surface area contributed by atoms with Crippen LogP contribution in [0.4, 0.5) is 5.69 Å². The van der Waals surface area contributed by atoms with E-state index in [2.05, 4.69) is 15.9 Å². The topological polar surface area (TPSA) is 63.3 Å². The Bertz CT molecular complexity index is 336. The molecule has 1 aromatic rings. The van der Waals surface area contributed by atoms with Crippen LogP contribution in [0, 0.1) is 0 Å². The summed E-state index contributed by atoms with van der Waals surface area (Å²) in [5, 5.41) is 9.37. The molecule has 1 aromatic carbocycles. The summed E-state index contributed by atoms with van der Waals surface area (Å²) in [5.41, 5.74) is 5.85. The van der Waals surface area contributed by atoms with E-state index in [1.807, 2.05) is 0 Å². The van der Waals surface area contributed by atoms with Crippen molar-refractivity contribution in [1.82, 2.24) is 0 Å². The molecule has 0 spiro atoms. The van der Waals surface area contributed by atoms with Crippen LogP contribution < -0.4 is 5.73 Å². The summed E-state index contributed by atoms with van der Waals surface area (Å²) in [6.07, 6.45) is 0. The maximum Gasteiger partial charge on any atom is 0.164 e. The third-order valence-corrected chi connectivity index (χ3v) is 2.17. The van der Waals surface area contributed by atoms with Crippen LogP contribution in [0.3, 0.4) is 0 Å². The van der Waals surface area contributed by atoms with Gasteiger partial charge in [-0.25, -0.2) is 0 Å². The molecule has 4 heteroatoms. The molecule has 0 aliphatic heterocycles. The van der Waals surface area contributed by atoms with Gasteiger partial charge in [0.25, 0.3) is 0 Å². The molecule has 3 nitrogen and oxygen atoms in total. The number of carbonyl (C=O) groups is 1. The number of ketones is 1. The number of halogens is 1. The van der Waals surface area contributed by atoms with E-state index in [1.54, 1.807) is 6.07 Å². The molecule has 1 rings (SSSR count). The first kappa shape index (κ1) is 9.06. The molecule has 0 aliphatic carbocycles. The average Bonchev–Trinajstić information content (AvgIpc) is 1.97. The van der Waals surface area contributed by atoms with Crippen LogP contribution in [0.1, 0.15) is 17.3 Å². The Morgan fingerprint density at radius 2 is 2.17 bits per heavy atom. The van der Waals surface area contributed by atoms with E-state index in [1.165, 1.54) is 13.0 Å². The van der Waals surface area contributed by atoms with E-state index in [9.17, 15) is 9.90 Å². The zero-order valence-corrected chi connectivity index (χ0v) is 8.05. The first-order valence-corrected chi connectivity index (χ1v) is 4.11. The van der Waals surface area contributed by atoms with Crippen LogP contribution in [0.2, 0.25) is 0 Å². The van der Waals surface area contributed by atoms with Crippen molar-refractivity contribution in [3.8, 4) is 5.75 Å². The summed E-state index contributed by atoms with van der Waals surface area (Å²) < 4.78 is 0.557. The fourth-order valence-corrected chi connectivity index (χ4v) is 1.52. The summed E-state index contributed by atoms with van der Waals surface area (Å²) in [6.45, 7) is 1.37. The maximum atomic E-state index is 11.0. The largest absolute Gasteiger partial charge is 0.505 e. The molecule has 3 N–H and O–H groups in total. The lowest BCUT2D eigenvalue weighted by molar-refractivity contribution is 0.101. The fourth-order valence-electron chi connectivity index (χ4n) is 0.918. The number of rotatable bonds is 1. The highest BCUT2D eigenvalue weighted by molar-refractivity contribution is 9.10. The lowest BCUT2D eigenvalue weighted by atomic mass is 10.1. The maximum absolute atomic E-state index is 11.0. The minimum Gasteiger partial charge on any atom is -0.505 e. The molecule has 0 saturated heterocycles. The highest BCUT2D eigenvalue weighted by Crippen LogP contribution is 2.31. The second-order valence-electron chi connectivity index (χ2n) is 2.42. The molecule has 0 saturated carbocycles. The van der Waals surface area contributed by atoms with Gasteiger partial charge < -0.3 is 10.8 Å². The molecular formula is C8H8BrNO2. The standard InChI is InChI=1S/C8H8BrNO2/c1-4(11)7-5(9)2-3-6(10)8(7)12/h2-3,12H,10H2,1H3. The lowest BCUT2D eigenvalue weighted by Gasteiger charge is -2.05. The zero-order valence-electron chi connectivity index (χ0n) is 6.47. The van der Waals surface area contributed by atoms with Crippen LogP contribution in [-0.2, 0) is 0 Å². The van der Waals surface area contributed by atoms with Crippen molar-refractivity contribution >= 4 is 27.4 Å². The minimum absolute atomic E-state index is 0.156. The van der Waals surface area contributed by atoms with E-state index in [-0.39, 0.29) is 22.8 Å². The molecule has 0 aliphatic rings. The van der Waals surface area contributed by atoms with Crippen molar-refractivity contribution in [1.29, 1.82) is 0 Å². The third kappa shape index (κ3) is 1.43. The van der Waals surface area contributed by atoms with Gasteiger partial charge in [-0.05, 0) is 35.0 Å². The Hall–Kier alpha value is -1.03. The van der Waals surface area contributed by atoms with Gasteiger partial charge in [0.15, 0.2) is 5.78 Å². The Morgan fingerprint density at radius 3 is 2.58 bits per heavy atom. The number of anilines is 1. The van der Waals surface area contributed by atoms with Gasteiger partial charge in [0, 0.05) is 4.47 Å². The summed E-state index contributed by atoms with van der Waals surface area (Å²) >= 11 is 3.15. The number of Topliss-reactive ketones (excluding diaryl/α,β-unsaturated/α-hetero) is 1. The van der Waals surface area contributed by atoms with Gasteiger partial charge >= 0.3 is 0 Å². The number of hydrogen-bond acceptors (Lipinski definition) is 3. The van der Waals surface area contributed by atoms with Crippen LogP contribution in [0.15, 0.2) is 16.6 Å². The summed E-state index contributed by atoms with van der Waals surface area (Å²) in [7, 11) is 0. The van der Waals surface area contributed by atoms with Crippen molar-refractivity contribution in [3.05, 3.63) is 22.2 Å². The van der Waals surface area contributed by atoms with Crippen LogP contribution in [-0.4, -0.2) is 10.9 Å². The summed E-state index contributed by atoms with van der Waals surface area (Å²) in [6, 6.07) is 3.16. The van der Waals surface area contributed by atoms with Gasteiger partial charge in [0.05, 0.1) is 11.3 Å². The van der Waals surface area contributed by atoms with Gasteiger partial charge in [0.1, 0.15) is 5.75 Å². The monoisotopic (exact) mass is 229 g/mol. The molecule has 0 atom stereocenters. The highest BCUT2D eigenvalue weighted by atomic mass is 79.9. The molecule has 0 fully saturated rings.